The topological polar surface area (TPSA) is 66.4 Å². The summed E-state index contributed by atoms with van der Waals surface area (Å²) >= 11 is 9.21. The molecule has 1 aromatic carbocycles. The number of carboxylic acid groups (broad SMARTS) is 1. The second-order valence-corrected chi connectivity index (χ2v) is 5.86. The smallest absolute Gasteiger partial charge is 0.307 e. The molecule has 1 aromatic rings. The number of carbonyl (C=O) groups excluding carboxylic acids is 1. The van der Waals surface area contributed by atoms with E-state index in [4.69, 9.17) is 16.7 Å². The molecule has 1 fully saturated rings. The van der Waals surface area contributed by atoms with E-state index >= 15 is 0 Å². The van der Waals surface area contributed by atoms with Crippen LogP contribution in [0.2, 0.25) is 5.02 Å². The number of anilines is 1. The zero-order valence-corrected chi connectivity index (χ0v) is 12.4. The van der Waals surface area contributed by atoms with E-state index in [1.54, 1.807) is 18.2 Å². The van der Waals surface area contributed by atoms with Crippen molar-refractivity contribution in [3.05, 3.63) is 27.7 Å². The number of carboxylic acids is 1. The van der Waals surface area contributed by atoms with Crippen molar-refractivity contribution in [2.75, 3.05) is 5.32 Å². The Kier molecular flexibility index (Phi) is 4.47. The SMILES string of the molecule is O=C(O)C1CCCC1C(=O)Nc1ccc(Br)c(Cl)c1. The Balaban J connectivity index is 2.08. The number of halogens is 2. The van der Waals surface area contributed by atoms with E-state index < -0.39 is 17.8 Å². The van der Waals surface area contributed by atoms with E-state index in [0.29, 0.717) is 23.6 Å². The molecule has 0 aromatic heterocycles. The first-order valence-electron chi connectivity index (χ1n) is 5.98. The van der Waals surface area contributed by atoms with Gasteiger partial charge in [-0.15, -0.1) is 0 Å². The van der Waals surface area contributed by atoms with E-state index in [-0.39, 0.29) is 5.91 Å². The van der Waals surface area contributed by atoms with E-state index in [1.165, 1.54) is 0 Å². The van der Waals surface area contributed by atoms with Gasteiger partial charge in [0.25, 0.3) is 0 Å². The molecular formula is C13H13BrClNO3. The third-order valence-corrected chi connectivity index (χ3v) is 4.59. The fourth-order valence-electron chi connectivity index (χ4n) is 2.38. The highest BCUT2D eigenvalue weighted by molar-refractivity contribution is 9.10. The molecule has 1 aliphatic rings. The molecule has 2 unspecified atom stereocenters. The van der Waals surface area contributed by atoms with Gasteiger partial charge in [0.1, 0.15) is 0 Å². The van der Waals surface area contributed by atoms with Gasteiger partial charge in [-0.2, -0.15) is 0 Å². The van der Waals surface area contributed by atoms with Crippen molar-refractivity contribution in [2.24, 2.45) is 11.8 Å². The summed E-state index contributed by atoms with van der Waals surface area (Å²) in [6.45, 7) is 0. The highest BCUT2D eigenvalue weighted by atomic mass is 79.9. The number of amides is 1. The first-order valence-corrected chi connectivity index (χ1v) is 7.15. The van der Waals surface area contributed by atoms with Crippen molar-refractivity contribution >= 4 is 45.1 Å². The zero-order chi connectivity index (χ0) is 14.0. The van der Waals surface area contributed by atoms with Crippen molar-refractivity contribution in [1.82, 2.24) is 0 Å². The summed E-state index contributed by atoms with van der Waals surface area (Å²) in [7, 11) is 0. The van der Waals surface area contributed by atoms with Gasteiger partial charge in [-0.3, -0.25) is 9.59 Å². The molecule has 0 radical (unpaired) electrons. The Labute approximate surface area is 124 Å². The molecule has 0 aliphatic heterocycles. The lowest BCUT2D eigenvalue weighted by Crippen LogP contribution is -2.29. The number of benzene rings is 1. The second-order valence-electron chi connectivity index (χ2n) is 4.60. The number of rotatable bonds is 3. The number of hydrogen-bond donors (Lipinski definition) is 2. The minimum Gasteiger partial charge on any atom is -0.481 e. The van der Waals surface area contributed by atoms with Crippen LogP contribution in [0.4, 0.5) is 5.69 Å². The van der Waals surface area contributed by atoms with Gasteiger partial charge in [0.05, 0.1) is 16.9 Å². The molecule has 1 aliphatic carbocycles. The van der Waals surface area contributed by atoms with Crippen molar-refractivity contribution in [3.8, 4) is 0 Å². The van der Waals surface area contributed by atoms with E-state index in [9.17, 15) is 9.59 Å². The summed E-state index contributed by atoms with van der Waals surface area (Å²) in [4.78, 5) is 23.2. The molecule has 0 saturated heterocycles. The zero-order valence-electron chi connectivity index (χ0n) is 10.0. The number of nitrogens with one attached hydrogen (secondary N) is 1. The highest BCUT2D eigenvalue weighted by Crippen LogP contribution is 2.33. The minimum atomic E-state index is -0.897. The van der Waals surface area contributed by atoms with Gasteiger partial charge in [-0.1, -0.05) is 18.0 Å². The van der Waals surface area contributed by atoms with Crippen molar-refractivity contribution in [2.45, 2.75) is 19.3 Å². The van der Waals surface area contributed by atoms with Crippen LogP contribution < -0.4 is 5.32 Å². The van der Waals surface area contributed by atoms with Gasteiger partial charge in [0, 0.05) is 10.2 Å². The molecule has 4 nitrogen and oxygen atoms in total. The lowest BCUT2D eigenvalue weighted by molar-refractivity contribution is -0.145. The summed E-state index contributed by atoms with van der Waals surface area (Å²) in [6, 6.07) is 5.09. The van der Waals surface area contributed by atoms with Crippen LogP contribution >= 0.6 is 27.5 Å². The molecule has 6 heteroatoms. The molecule has 2 atom stereocenters. The average molecular weight is 347 g/mol. The fraction of sp³-hybridized carbons (Fsp3) is 0.385. The molecule has 0 spiro atoms. The van der Waals surface area contributed by atoms with Crippen LogP contribution in [0.25, 0.3) is 0 Å². The quantitative estimate of drug-likeness (QED) is 0.879. The summed E-state index contributed by atoms with van der Waals surface area (Å²) in [6.07, 6.45) is 1.96. The van der Waals surface area contributed by atoms with Crippen LogP contribution in [0.5, 0.6) is 0 Å². The van der Waals surface area contributed by atoms with E-state index in [1.807, 2.05) is 0 Å². The van der Waals surface area contributed by atoms with Gasteiger partial charge in [0.2, 0.25) is 5.91 Å². The van der Waals surface area contributed by atoms with Crippen molar-refractivity contribution in [1.29, 1.82) is 0 Å². The van der Waals surface area contributed by atoms with Gasteiger partial charge >= 0.3 is 5.97 Å². The monoisotopic (exact) mass is 345 g/mol. The van der Waals surface area contributed by atoms with Crippen molar-refractivity contribution < 1.29 is 14.7 Å². The number of aliphatic carboxylic acids is 1. The number of hydrogen-bond acceptors (Lipinski definition) is 2. The van der Waals surface area contributed by atoms with Crippen LogP contribution in [0.15, 0.2) is 22.7 Å². The van der Waals surface area contributed by atoms with Crippen LogP contribution in [-0.4, -0.2) is 17.0 Å². The summed E-state index contributed by atoms with van der Waals surface area (Å²) in [5.41, 5.74) is 0.578. The van der Waals surface area contributed by atoms with Gasteiger partial charge < -0.3 is 10.4 Å². The molecule has 2 N–H and O–H groups in total. The van der Waals surface area contributed by atoms with E-state index in [0.717, 1.165) is 10.9 Å². The van der Waals surface area contributed by atoms with Crippen LogP contribution in [0.3, 0.4) is 0 Å². The first kappa shape index (κ1) is 14.3. The molecule has 102 valence electrons. The second kappa shape index (κ2) is 5.92. The summed E-state index contributed by atoms with van der Waals surface area (Å²) in [5, 5.41) is 12.3. The molecule has 0 heterocycles. The Hall–Kier alpha value is -1.07. The Bertz CT molecular complexity index is 521. The highest BCUT2D eigenvalue weighted by Gasteiger charge is 2.37. The van der Waals surface area contributed by atoms with Crippen LogP contribution in [0.1, 0.15) is 19.3 Å². The van der Waals surface area contributed by atoms with Gasteiger partial charge in [-0.25, -0.2) is 0 Å². The standard InChI is InChI=1S/C13H13BrClNO3/c14-10-5-4-7(6-11(10)15)16-12(17)8-2-1-3-9(8)13(18)19/h4-6,8-9H,1-3H2,(H,16,17)(H,18,19). The predicted octanol–water partition coefficient (Wildman–Crippen LogP) is 3.54. The molecule has 1 amide bonds. The summed E-state index contributed by atoms with van der Waals surface area (Å²) < 4.78 is 0.747. The van der Waals surface area contributed by atoms with Gasteiger partial charge in [0.15, 0.2) is 0 Å². The third-order valence-electron chi connectivity index (χ3n) is 3.36. The first-order chi connectivity index (χ1) is 8.99. The molecule has 0 bridgehead atoms. The van der Waals surface area contributed by atoms with Crippen LogP contribution in [-0.2, 0) is 9.59 Å². The van der Waals surface area contributed by atoms with Crippen molar-refractivity contribution in [3.63, 3.8) is 0 Å². The predicted molar refractivity (Wildman–Crippen MR) is 76.2 cm³/mol. The maximum absolute atomic E-state index is 12.1. The molecular weight excluding hydrogens is 334 g/mol. The fourth-order valence-corrected chi connectivity index (χ4v) is 2.81. The maximum atomic E-state index is 12.1. The van der Waals surface area contributed by atoms with Crippen LogP contribution in [0, 0.1) is 11.8 Å². The number of carbonyl (C=O) groups is 2. The Morgan fingerprint density at radius 1 is 1.32 bits per heavy atom. The lowest BCUT2D eigenvalue weighted by atomic mass is 9.95. The van der Waals surface area contributed by atoms with E-state index in [2.05, 4.69) is 21.2 Å². The molecule has 2 rings (SSSR count). The van der Waals surface area contributed by atoms with Gasteiger partial charge in [-0.05, 0) is 47.0 Å². The summed E-state index contributed by atoms with van der Waals surface area (Å²) in [5.74, 6) is -2.18. The molecule has 19 heavy (non-hydrogen) atoms. The molecule has 1 saturated carbocycles. The average Bonchev–Trinajstić information content (AvgIpc) is 2.83. The largest absolute Gasteiger partial charge is 0.481 e. The maximum Gasteiger partial charge on any atom is 0.307 e. The lowest BCUT2D eigenvalue weighted by Gasteiger charge is -2.15. The minimum absolute atomic E-state index is 0.247. The normalized spacial score (nSPS) is 22.2. The Morgan fingerprint density at radius 2 is 2.00 bits per heavy atom. The Morgan fingerprint density at radius 3 is 2.63 bits per heavy atom. The third kappa shape index (κ3) is 3.28.